The van der Waals surface area contributed by atoms with Crippen LogP contribution in [0.5, 0.6) is 0 Å². The fraction of sp³-hybridized carbons (Fsp3) is 0.474. The Morgan fingerprint density at radius 3 is 2.56 bits per heavy atom. The van der Waals surface area contributed by atoms with Crippen LogP contribution in [0, 0.1) is 5.92 Å². The fourth-order valence-corrected chi connectivity index (χ4v) is 3.31. The molecule has 134 valence electrons. The summed E-state index contributed by atoms with van der Waals surface area (Å²) in [5.41, 5.74) is 0. The molecule has 2 aromatic heterocycles. The van der Waals surface area contributed by atoms with E-state index in [-0.39, 0.29) is 23.8 Å². The van der Waals surface area contributed by atoms with Crippen LogP contribution in [0.25, 0.3) is 0 Å². The molecule has 0 aromatic carbocycles. The molecule has 2 aromatic rings. The number of rotatable bonds is 6. The third-order valence-electron chi connectivity index (χ3n) is 4.69. The summed E-state index contributed by atoms with van der Waals surface area (Å²) in [6, 6.07) is 7.45. The Labute approximate surface area is 147 Å². The first-order chi connectivity index (χ1) is 12.2. The standard InChI is InChI=1S/C19H24N2O4/c1-2-24-19(23)15-7-11-21(12-8-15)18(22)14-16(17-6-5-13-25-17)20-9-3-4-10-20/h3-6,9-10,13,15-16H,2,7-8,11-12,14H2,1H3. The quantitative estimate of drug-likeness (QED) is 0.756. The fourth-order valence-electron chi connectivity index (χ4n) is 3.31. The molecule has 1 fully saturated rings. The van der Waals surface area contributed by atoms with Crippen molar-refractivity contribution in [2.45, 2.75) is 32.2 Å². The van der Waals surface area contributed by atoms with Gasteiger partial charge in [0.05, 0.1) is 31.3 Å². The zero-order valence-electron chi connectivity index (χ0n) is 14.5. The molecule has 0 saturated carbocycles. The van der Waals surface area contributed by atoms with Crippen molar-refractivity contribution < 1.29 is 18.7 Å². The second kappa shape index (κ2) is 8.05. The maximum absolute atomic E-state index is 12.8. The van der Waals surface area contributed by atoms with E-state index in [0.29, 0.717) is 39.0 Å². The Morgan fingerprint density at radius 1 is 1.24 bits per heavy atom. The number of hydrogen-bond donors (Lipinski definition) is 0. The van der Waals surface area contributed by atoms with Gasteiger partial charge in [0.15, 0.2) is 0 Å². The van der Waals surface area contributed by atoms with Gasteiger partial charge in [-0.15, -0.1) is 0 Å². The molecular formula is C19H24N2O4. The molecule has 1 amide bonds. The largest absolute Gasteiger partial charge is 0.467 e. The lowest BCUT2D eigenvalue weighted by molar-refractivity contribution is -0.151. The predicted octanol–water partition coefficient (Wildman–Crippen LogP) is 2.86. The highest BCUT2D eigenvalue weighted by molar-refractivity contribution is 5.78. The summed E-state index contributed by atoms with van der Waals surface area (Å²) in [5, 5.41) is 0. The van der Waals surface area contributed by atoms with Crippen molar-refractivity contribution in [2.24, 2.45) is 5.92 Å². The monoisotopic (exact) mass is 344 g/mol. The number of ether oxygens (including phenoxy) is 1. The summed E-state index contributed by atoms with van der Waals surface area (Å²) < 4.78 is 12.6. The van der Waals surface area contributed by atoms with Crippen LogP contribution in [-0.4, -0.2) is 41.0 Å². The maximum Gasteiger partial charge on any atom is 0.309 e. The number of carbonyl (C=O) groups is 2. The summed E-state index contributed by atoms with van der Waals surface area (Å²) in [4.78, 5) is 26.4. The Morgan fingerprint density at radius 2 is 1.96 bits per heavy atom. The van der Waals surface area contributed by atoms with Crippen molar-refractivity contribution in [1.29, 1.82) is 0 Å². The van der Waals surface area contributed by atoms with Gasteiger partial charge in [0.1, 0.15) is 5.76 Å². The van der Waals surface area contributed by atoms with Crippen LogP contribution in [0.1, 0.15) is 38.0 Å². The number of piperidine rings is 1. The minimum Gasteiger partial charge on any atom is -0.467 e. The van der Waals surface area contributed by atoms with Gasteiger partial charge in [-0.2, -0.15) is 0 Å². The summed E-state index contributed by atoms with van der Waals surface area (Å²) in [6.45, 7) is 3.41. The summed E-state index contributed by atoms with van der Waals surface area (Å²) in [5.74, 6) is 0.619. The first-order valence-electron chi connectivity index (χ1n) is 8.79. The van der Waals surface area contributed by atoms with Gasteiger partial charge in [-0.3, -0.25) is 9.59 Å². The molecule has 1 atom stereocenters. The van der Waals surface area contributed by atoms with Gasteiger partial charge in [0, 0.05) is 25.5 Å². The van der Waals surface area contributed by atoms with E-state index < -0.39 is 0 Å². The van der Waals surface area contributed by atoms with E-state index in [1.165, 1.54) is 0 Å². The highest BCUT2D eigenvalue weighted by Crippen LogP contribution is 2.26. The molecular weight excluding hydrogens is 320 g/mol. The summed E-state index contributed by atoms with van der Waals surface area (Å²) in [6.07, 6.45) is 7.17. The van der Waals surface area contributed by atoms with E-state index in [1.54, 1.807) is 6.26 Å². The average molecular weight is 344 g/mol. The summed E-state index contributed by atoms with van der Waals surface area (Å²) in [7, 11) is 0. The van der Waals surface area contributed by atoms with Crippen LogP contribution in [0.3, 0.4) is 0 Å². The predicted molar refractivity (Wildman–Crippen MR) is 91.8 cm³/mol. The summed E-state index contributed by atoms with van der Waals surface area (Å²) >= 11 is 0. The molecule has 0 bridgehead atoms. The topological polar surface area (TPSA) is 64.7 Å². The molecule has 0 spiro atoms. The zero-order chi connectivity index (χ0) is 17.6. The van der Waals surface area contributed by atoms with Crippen LogP contribution < -0.4 is 0 Å². The number of amides is 1. The third kappa shape index (κ3) is 4.13. The van der Waals surface area contributed by atoms with Gasteiger partial charge in [-0.1, -0.05) is 0 Å². The minimum absolute atomic E-state index is 0.0809. The van der Waals surface area contributed by atoms with E-state index in [4.69, 9.17) is 9.15 Å². The van der Waals surface area contributed by atoms with Crippen LogP contribution >= 0.6 is 0 Å². The van der Waals surface area contributed by atoms with Gasteiger partial charge >= 0.3 is 5.97 Å². The molecule has 0 aliphatic carbocycles. The van der Waals surface area contributed by atoms with Crippen molar-refractivity contribution in [3.05, 3.63) is 48.7 Å². The first kappa shape index (κ1) is 17.3. The number of likely N-dealkylation sites (tertiary alicyclic amines) is 1. The van der Waals surface area contributed by atoms with Crippen LogP contribution in [0.2, 0.25) is 0 Å². The number of aromatic nitrogens is 1. The van der Waals surface area contributed by atoms with Gasteiger partial charge < -0.3 is 18.6 Å². The molecule has 1 aliphatic rings. The van der Waals surface area contributed by atoms with Gasteiger partial charge in [0.25, 0.3) is 0 Å². The zero-order valence-corrected chi connectivity index (χ0v) is 14.5. The van der Waals surface area contributed by atoms with E-state index in [0.717, 1.165) is 5.76 Å². The molecule has 3 heterocycles. The third-order valence-corrected chi connectivity index (χ3v) is 4.69. The molecule has 1 unspecified atom stereocenters. The van der Waals surface area contributed by atoms with Crippen LogP contribution in [-0.2, 0) is 14.3 Å². The SMILES string of the molecule is CCOC(=O)C1CCN(C(=O)CC(c2ccco2)n2cccc2)CC1. The lowest BCUT2D eigenvalue weighted by atomic mass is 9.96. The Kier molecular flexibility index (Phi) is 5.58. The Bertz CT molecular complexity index is 636. The van der Waals surface area contributed by atoms with Gasteiger partial charge in [-0.05, 0) is 44.0 Å². The van der Waals surface area contributed by atoms with Crippen molar-refractivity contribution >= 4 is 11.9 Å². The number of furan rings is 1. The number of nitrogens with zero attached hydrogens (tertiary/aromatic N) is 2. The van der Waals surface area contributed by atoms with Crippen molar-refractivity contribution in [3.8, 4) is 0 Å². The highest BCUT2D eigenvalue weighted by Gasteiger charge is 2.30. The lowest BCUT2D eigenvalue weighted by Crippen LogP contribution is -2.41. The first-order valence-corrected chi connectivity index (χ1v) is 8.79. The molecule has 6 heteroatoms. The number of esters is 1. The second-order valence-electron chi connectivity index (χ2n) is 6.27. The van der Waals surface area contributed by atoms with Crippen molar-refractivity contribution in [3.63, 3.8) is 0 Å². The van der Waals surface area contributed by atoms with Gasteiger partial charge in [0.2, 0.25) is 5.91 Å². The lowest BCUT2D eigenvalue weighted by Gasteiger charge is -2.32. The Balaban J connectivity index is 1.60. The second-order valence-corrected chi connectivity index (χ2v) is 6.27. The number of carbonyl (C=O) groups excluding carboxylic acids is 2. The van der Waals surface area contributed by atoms with Crippen LogP contribution in [0.4, 0.5) is 0 Å². The van der Waals surface area contributed by atoms with Crippen molar-refractivity contribution in [2.75, 3.05) is 19.7 Å². The number of hydrogen-bond acceptors (Lipinski definition) is 4. The Hall–Kier alpha value is -2.50. The molecule has 25 heavy (non-hydrogen) atoms. The van der Waals surface area contributed by atoms with E-state index >= 15 is 0 Å². The molecule has 3 rings (SSSR count). The highest BCUT2D eigenvalue weighted by atomic mass is 16.5. The minimum atomic E-state index is -0.153. The normalized spacial score (nSPS) is 16.6. The molecule has 0 radical (unpaired) electrons. The average Bonchev–Trinajstić information content (AvgIpc) is 3.33. The molecule has 1 aliphatic heterocycles. The maximum atomic E-state index is 12.8. The molecule has 6 nitrogen and oxygen atoms in total. The van der Waals surface area contributed by atoms with Crippen molar-refractivity contribution in [1.82, 2.24) is 9.47 Å². The van der Waals surface area contributed by atoms with E-state index in [2.05, 4.69) is 0 Å². The van der Waals surface area contributed by atoms with Gasteiger partial charge in [-0.25, -0.2) is 0 Å². The molecule has 0 N–H and O–H groups in total. The van der Waals surface area contributed by atoms with Crippen LogP contribution in [0.15, 0.2) is 47.3 Å². The van der Waals surface area contributed by atoms with E-state index in [1.807, 2.05) is 53.0 Å². The van der Waals surface area contributed by atoms with E-state index in [9.17, 15) is 9.59 Å². The molecule has 1 saturated heterocycles. The smallest absolute Gasteiger partial charge is 0.309 e.